The van der Waals surface area contributed by atoms with Gasteiger partial charge in [0.1, 0.15) is 5.82 Å². The molecule has 19 heavy (non-hydrogen) atoms. The van der Waals surface area contributed by atoms with Gasteiger partial charge in [-0.1, -0.05) is 13.0 Å². The lowest BCUT2D eigenvalue weighted by Gasteiger charge is -2.31. The van der Waals surface area contributed by atoms with Gasteiger partial charge in [0.05, 0.1) is 5.92 Å². The van der Waals surface area contributed by atoms with Crippen LogP contribution in [0.3, 0.4) is 0 Å². The van der Waals surface area contributed by atoms with Crippen molar-refractivity contribution in [1.29, 1.82) is 0 Å². The van der Waals surface area contributed by atoms with Gasteiger partial charge in [-0.25, -0.2) is 4.98 Å². The average Bonchev–Trinajstić information content (AvgIpc) is 2.39. The highest BCUT2D eigenvalue weighted by Gasteiger charge is 2.25. The minimum absolute atomic E-state index is 0.0996. The summed E-state index contributed by atoms with van der Waals surface area (Å²) in [6, 6.07) is 5.69. The van der Waals surface area contributed by atoms with Crippen molar-refractivity contribution < 1.29 is 4.79 Å². The number of likely N-dealkylation sites (tertiary alicyclic amines) is 1. The van der Waals surface area contributed by atoms with E-state index in [1.54, 1.807) is 0 Å². The molecule has 1 N–H and O–H groups in total. The molecule has 4 nitrogen and oxygen atoms in total. The maximum Gasteiger partial charge on any atom is 0.229 e. The first-order chi connectivity index (χ1) is 9.19. The van der Waals surface area contributed by atoms with Crippen LogP contribution >= 0.6 is 0 Å². The minimum Gasteiger partial charge on any atom is -0.310 e. The second-order valence-electron chi connectivity index (χ2n) is 5.29. The van der Waals surface area contributed by atoms with E-state index >= 15 is 0 Å². The van der Waals surface area contributed by atoms with Crippen LogP contribution in [-0.4, -0.2) is 35.4 Å². The molecule has 1 aromatic rings. The van der Waals surface area contributed by atoms with Crippen molar-refractivity contribution in [3.8, 4) is 0 Å². The second kappa shape index (κ2) is 6.66. The van der Waals surface area contributed by atoms with Gasteiger partial charge in [0, 0.05) is 12.2 Å². The summed E-state index contributed by atoms with van der Waals surface area (Å²) in [4.78, 5) is 19.0. The molecule has 2 heterocycles. The Morgan fingerprint density at radius 3 is 3.11 bits per heavy atom. The molecule has 104 valence electrons. The molecule has 0 bridgehead atoms. The summed E-state index contributed by atoms with van der Waals surface area (Å²) in [7, 11) is 0. The molecule has 0 aliphatic carbocycles. The molecule has 2 rings (SSSR count). The standard InChI is InChI=1S/C15H23N3O/c1-3-9-18-10-5-7-13(11-18)15(19)17-14-8-4-6-12(2)16-14/h4,6,8,13H,3,5,7,9-11H2,1-2H3,(H,16,17,19)/t13-/m1/s1. The van der Waals surface area contributed by atoms with Crippen LogP contribution in [0.1, 0.15) is 31.9 Å². The molecule has 0 saturated carbocycles. The average molecular weight is 261 g/mol. The molecule has 1 aliphatic heterocycles. The SMILES string of the molecule is CCCN1CCC[C@@H](C(=O)Nc2cccc(C)n2)C1. The van der Waals surface area contributed by atoms with Crippen LogP contribution in [0.4, 0.5) is 5.82 Å². The number of piperidine rings is 1. The number of hydrogen-bond donors (Lipinski definition) is 1. The number of carbonyl (C=O) groups is 1. The molecule has 0 radical (unpaired) electrons. The Kier molecular flexibility index (Phi) is 4.91. The molecule has 1 aromatic heterocycles. The first kappa shape index (κ1) is 14.0. The van der Waals surface area contributed by atoms with E-state index in [1.165, 1.54) is 0 Å². The highest BCUT2D eigenvalue weighted by Crippen LogP contribution is 2.18. The molecule has 1 saturated heterocycles. The maximum absolute atomic E-state index is 12.3. The summed E-state index contributed by atoms with van der Waals surface area (Å²) < 4.78 is 0. The van der Waals surface area contributed by atoms with E-state index in [1.807, 2.05) is 25.1 Å². The van der Waals surface area contributed by atoms with E-state index in [-0.39, 0.29) is 11.8 Å². The fourth-order valence-electron chi connectivity index (χ4n) is 2.63. The van der Waals surface area contributed by atoms with E-state index in [9.17, 15) is 4.79 Å². The molecular formula is C15H23N3O. The number of nitrogens with one attached hydrogen (secondary N) is 1. The van der Waals surface area contributed by atoms with Gasteiger partial charge in [0.25, 0.3) is 0 Å². The Balaban J connectivity index is 1.92. The number of amides is 1. The lowest BCUT2D eigenvalue weighted by molar-refractivity contribution is -0.121. The Bertz CT molecular complexity index is 431. The van der Waals surface area contributed by atoms with Crippen LogP contribution in [0.15, 0.2) is 18.2 Å². The molecule has 0 unspecified atom stereocenters. The zero-order chi connectivity index (χ0) is 13.7. The van der Waals surface area contributed by atoms with E-state index < -0.39 is 0 Å². The lowest BCUT2D eigenvalue weighted by atomic mass is 9.97. The van der Waals surface area contributed by atoms with Gasteiger partial charge in [-0.15, -0.1) is 0 Å². The van der Waals surface area contributed by atoms with Gasteiger partial charge in [-0.3, -0.25) is 4.79 Å². The Hall–Kier alpha value is -1.42. The summed E-state index contributed by atoms with van der Waals surface area (Å²) in [5.41, 5.74) is 0.925. The number of hydrogen-bond acceptors (Lipinski definition) is 3. The summed E-state index contributed by atoms with van der Waals surface area (Å²) in [6.07, 6.45) is 3.24. The second-order valence-corrected chi connectivity index (χ2v) is 5.29. The number of rotatable bonds is 4. The van der Waals surface area contributed by atoms with Crippen LogP contribution < -0.4 is 5.32 Å². The monoisotopic (exact) mass is 261 g/mol. The van der Waals surface area contributed by atoms with Crippen molar-refractivity contribution in [1.82, 2.24) is 9.88 Å². The number of pyridine rings is 1. The van der Waals surface area contributed by atoms with Gasteiger partial charge < -0.3 is 10.2 Å². The fraction of sp³-hybridized carbons (Fsp3) is 0.600. The topological polar surface area (TPSA) is 45.2 Å². The Labute approximate surface area is 115 Å². The van der Waals surface area contributed by atoms with Gasteiger partial charge >= 0.3 is 0 Å². The highest BCUT2D eigenvalue weighted by atomic mass is 16.2. The van der Waals surface area contributed by atoms with Crippen molar-refractivity contribution in [2.24, 2.45) is 5.92 Å². The molecule has 1 amide bonds. The van der Waals surface area contributed by atoms with Crippen molar-refractivity contribution in [2.45, 2.75) is 33.1 Å². The third kappa shape index (κ3) is 4.03. The number of anilines is 1. The first-order valence-electron chi connectivity index (χ1n) is 7.16. The van der Waals surface area contributed by atoms with Crippen LogP contribution in [0.2, 0.25) is 0 Å². The zero-order valence-electron chi connectivity index (χ0n) is 11.9. The third-order valence-electron chi connectivity index (χ3n) is 3.56. The van der Waals surface area contributed by atoms with Gasteiger partial charge in [0.15, 0.2) is 0 Å². The van der Waals surface area contributed by atoms with E-state index in [0.29, 0.717) is 5.82 Å². The number of aryl methyl sites for hydroxylation is 1. The van der Waals surface area contributed by atoms with E-state index in [2.05, 4.69) is 22.1 Å². The molecule has 1 fully saturated rings. The molecular weight excluding hydrogens is 238 g/mol. The quantitative estimate of drug-likeness (QED) is 0.905. The summed E-state index contributed by atoms with van der Waals surface area (Å²) in [5.74, 6) is 0.874. The first-order valence-corrected chi connectivity index (χ1v) is 7.16. The smallest absolute Gasteiger partial charge is 0.229 e. The summed E-state index contributed by atoms with van der Waals surface area (Å²) >= 11 is 0. The predicted molar refractivity (Wildman–Crippen MR) is 77.1 cm³/mol. The van der Waals surface area contributed by atoms with E-state index in [4.69, 9.17) is 0 Å². The number of aromatic nitrogens is 1. The fourth-order valence-corrected chi connectivity index (χ4v) is 2.63. The van der Waals surface area contributed by atoms with Crippen LogP contribution in [0, 0.1) is 12.8 Å². The maximum atomic E-state index is 12.3. The van der Waals surface area contributed by atoms with Gasteiger partial charge in [-0.05, 0) is 51.4 Å². The molecule has 1 atom stereocenters. The summed E-state index contributed by atoms with van der Waals surface area (Å²) in [6.45, 7) is 7.21. The normalized spacial score (nSPS) is 20.2. The van der Waals surface area contributed by atoms with E-state index in [0.717, 1.165) is 44.6 Å². The van der Waals surface area contributed by atoms with Crippen molar-refractivity contribution in [3.05, 3.63) is 23.9 Å². The van der Waals surface area contributed by atoms with Crippen LogP contribution in [0.25, 0.3) is 0 Å². The lowest BCUT2D eigenvalue weighted by Crippen LogP contribution is -2.41. The predicted octanol–water partition coefficient (Wildman–Crippen LogP) is 2.45. The third-order valence-corrected chi connectivity index (χ3v) is 3.56. The Morgan fingerprint density at radius 1 is 1.53 bits per heavy atom. The van der Waals surface area contributed by atoms with Crippen molar-refractivity contribution in [2.75, 3.05) is 25.0 Å². The molecule has 0 aromatic carbocycles. The van der Waals surface area contributed by atoms with Gasteiger partial charge in [0.2, 0.25) is 5.91 Å². The van der Waals surface area contributed by atoms with Gasteiger partial charge in [-0.2, -0.15) is 0 Å². The minimum atomic E-state index is 0.0996. The number of carbonyl (C=O) groups excluding carboxylic acids is 1. The zero-order valence-corrected chi connectivity index (χ0v) is 11.9. The van der Waals surface area contributed by atoms with Crippen LogP contribution in [0.5, 0.6) is 0 Å². The van der Waals surface area contributed by atoms with Crippen molar-refractivity contribution in [3.63, 3.8) is 0 Å². The van der Waals surface area contributed by atoms with Crippen LogP contribution in [-0.2, 0) is 4.79 Å². The Morgan fingerprint density at radius 2 is 2.37 bits per heavy atom. The largest absolute Gasteiger partial charge is 0.310 e. The number of nitrogens with zero attached hydrogens (tertiary/aromatic N) is 2. The molecule has 4 heteroatoms. The van der Waals surface area contributed by atoms with Crippen molar-refractivity contribution >= 4 is 11.7 Å². The summed E-state index contributed by atoms with van der Waals surface area (Å²) in [5, 5.41) is 2.94. The molecule has 1 aliphatic rings. The molecule has 0 spiro atoms. The highest BCUT2D eigenvalue weighted by molar-refractivity contribution is 5.91.